The highest BCUT2D eigenvalue weighted by atomic mass is 16.7. The first-order valence-corrected chi connectivity index (χ1v) is 4.47. The smallest absolute Gasteiger partial charge is 0.398 e. The fourth-order valence-electron chi connectivity index (χ4n) is 1.11. The second-order valence-corrected chi connectivity index (χ2v) is 4.32. The number of nitrogens with one attached hydrogen (secondary N) is 1. The summed E-state index contributed by atoms with van der Waals surface area (Å²) in [5, 5.41) is 10.8. The van der Waals surface area contributed by atoms with Gasteiger partial charge in [-0.3, -0.25) is 0 Å². The van der Waals surface area contributed by atoms with Crippen LogP contribution in [0.1, 0.15) is 27.7 Å². The Labute approximate surface area is 84.3 Å². The van der Waals surface area contributed by atoms with E-state index in [1.165, 1.54) is 6.21 Å². The van der Waals surface area contributed by atoms with E-state index in [1.807, 2.05) is 27.7 Å². The summed E-state index contributed by atoms with van der Waals surface area (Å²) in [6, 6.07) is 0. The van der Waals surface area contributed by atoms with Gasteiger partial charge in [-0.25, -0.2) is 0 Å². The summed E-state index contributed by atoms with van der Waals surface area (Å²) in [6.45, 7) is 7.72. The normalized spacial score (nSPS) is 24.4. The Bertz CT molecular complexity index is 260. The van der Waals surface area contributed by atoms with Crippen molar-refractivity contribution in [2.24, 2.45) is 10.9 Å². The van der Waals surface area contributed by atoms with E-state index in [-0.39, 0.29) is 5.61 Å². The lowest BCUT2D eigenvalue weighted by Gasteiger charge is -2.32. The van der Waals surface area contributed by atoms with Crippen molar-refractivity contribution in [1.82, 2.24) is 0 Å². The topological polar surface area (TPSA) is 80.7 Å². The van der Waals surface area contributed by atoms with Crippen LogP contribution < -0.4 is 5.84 Å². The molecule has 0 aromatic carbocycles. The predicted molar refractivity (Wildman–Crippen MR) is 56.5 cm³/mol. The Kier molecular flexibility index (Phi) is 2.69. The average molecular weight is 197 g/mol. The molecule has 0 saturated carbocycles. The third-order valence-corrected chi connectivity index (χ3v) is 2.72. The second kappa shape index (κ2) is 3.36. The Morgan fingerprint density at radius 3 is 2.07 bits per heavy atom. The highest BCUT2D eigenvalue weighted by Gasteiger charge is 2.52. The molecule has 3 N–H and O–H groups in total. The van der Waals surface area contributed by atoms with E-state index in [4.69, 9.17) is 20.6 Å². The van der Waals surface area contributed by atoms with Crippen molar-refractivity contribution in [3.8, 4) is 0 Å². The monoisotopic (exact) mass is 197 g/mol. The Hall–Kier alpha value is -0.875. The standard InChI is InChI=1S/C8H16BN3O2/c1-7(2)8(3,4)14-9(13-7)6(10)5-12-11/h5,10H,11H2,1-4H3/b10-6?,12-5-. The summed E-state index contributed by atoms with van der Waals surface area (Å²) in [5.41, 5.74) is -0.718. The van der Waals surface area contributed by atoms with Crippen LogP contribution in [0.15, 0.2) is 5.10 Å². The van der Waals surface area contributed by atoms with Crippen LogP contribution in [0, 0.1) is 5.41 Å². The van der Waals surface area contributed by atoms with E-state index in [1.54, 1.807) is 0 Å². The van der Waals surface area contributed by atoms with Crippen molar-refractivity contribution >= 4 is 18.9 Å². The predicted octanol–water partition coefficient (Wildman–Crippen LogP) is 0.582. The zero-order valence-electron chi connectivity index (χ0n) is 9.00. The number of nitrogens with zero attached hydrogens (tertiary/aromatic N) is 1. The molecule has 5 nitrogen and oxygen atoms in total. The maximum Gasteiger partial charge on any atom is 0.515 e. The molecule has 0 unspecified atom stereocenters. The van der Waals surface area contributed by atoms with Crippen molar-refractivity contribution in [3.63, 3.8) is 0 Å². The number of rotatable bonds is 2. The van der Waals surface area contributed by atoms with Crippen molar-refractivity contribution in [2.45, 2.75) is 38.9 Å². The maximum atomic E-state index is 7.56. The fraction of sp³-hybridized carbons (Fsp3) is 0.750. The molecule has 1 fully saturated rings. The third-order valence-electron chi connectivity index (χ3n) is 2.72. The molecule has 0 amide bonds. The number of nitrogens with two attached hydrogens (primary N) is 1. The molecule has 0 aromatic rings. The van der Waals surface area contributed by atoms with E-state index < -0.39 is 18.3 Å². The van der Waals surface area contributed by atoms with Gasteiger partial charge in [0.1, 0.15) is 0 Å². The van der Waals surface area contributed by atoms with Crippen LogP contribution in [0.2, 0.25) is 0 Å². The molecular formula is C8H16BN3O2. The Morgan fingerprint density at radius 2 is 1.71 bits per heavy atom. The van der Waals surface area contributed by atoms with E-state index in [9.17, 15) is 0 Å². The average Bonchev–Trinajstić information content (AvgIpc) is 2.22. The van der Waals surface area contributed by atoms with Crippen LogP contribution in [0.4, 0.5) is 0 Å². The molecule has 1 aliphatic heterocycles. The molecule has 1 saturated heterocycles. The van der Waals surface area contributed by atoms with E-state index in [0.717, 1.165) is 0 Å². The minimum atomic E-state index is -0.674. The van der Waals surface area contributed by atoms with Crippen LogP contribution in [0.5, 0.6) is 0 Å². The molecule has 0 atom stereocenters. The number of hydrazone groups is 1. The van der Waals surface area contributed by atoms with Crippen LogP contribution >= 0.6 is 0 Å². The van der Waals surface area contributed by atoms with Crippen LogP contribution in [0.3, 0.4) is 0 Å². The van der Waals surface area contributed by atoms with Crippen LogP contribution in [0.25, 0.3) is 0 Å². The second-order valence-electron chi connectivity index (χ2n) is 4.32. The summed E-state index contributed by atoms with van der Waals surface area (Å²) < 4.78 is 11.2. The molecule has 78 valence electrons. The molecule has 0 aliphatic carbocycles. The molecule has 14 heavy (non-hydrogen) atoms. The van der Waals surface area contributed by atoms with Gasteiger partial charge in [0, 0.05) is 0 Å². The van der Waals surface area contributed by atoms with Gasteiger partial charge in [0.15, 0.2) is 0 Å². The first-order valence-electron chi connectivity index (χ1n) is 4.47. The van der Waals surface area contributed by atoms with Gasteiger partial charge in [0.25, 0.3) is 0 Å². The molecule has 0 aromatic heterocycles. The third kappa shape index (κ3) is 1.81. The molecule has 1 heterocycles. The number of hydrogen-bond donors (Lipinski definition) is 2. The first-order chi connectivity index (χ1) is 6.30. The minimum Gasteiger partial charge on any atom is -0.398 e. The van der Waals surface area contributed by atoms with E-state index >= 15 is 0 Å². The largest absolute Gasteiger partial charge is 0.515 e. The summed E-state index contributed by atoms with van der Waals surface area (Å²) >= 11 is 0. The zero-order valence-corrected chi connectivity index (χ0v) is 9.00. The quantitative estimate of drug-likeness (QED) is 0.294. The molecule has 6 heteroatoms. The summed E-state index contributed by atoms with van der Waals surface area (Å²) in [6.07, 6.45) is 1.22. The lowest BCUT2D eigenvalue weighted by Crippen LogP contribution is -2.41. The van der Waals surface area contributed by atoms with Gasteiger partial charge in [-0.15, -0.1) is 0 Å². The summed E-state index contributed by atoms with van der Waals surface area (Å²) in [4.78, 5) is 0. The van der Waals surface area contributed by atoms with Crippen LogP contribution in [-0.2, 0) is 9.31 Å². The van der Waals surface area contributed by atoms with Gasteiger partial charge < -0.3 is 20.6 Å². The van der Waals surface area contributed by atoms with Gasteiger partial charge in [-0.1, -0.05) is 0 Å². The maximum absolute atomic E-state index is 7.56. The van der Waals surface area contributed by atoms with Crippen molar-refractivity contribution in [3.05, 3.63) is 0 Å². The molecule has 1 rings (SSSR count). The SMILES string of the molecule is CC1(C)OB(C(=N)/C=N\N)OC1(C)C. The minimum absolute atomic E-state index is 0.131. The summed E-state index contributed by atoms with van der Waals surface area (Å²) in [5.74, 6) is 4.95. The summed E-state index contributed by atoms with van der Waals surface area (Å²) in [7, 11) is -0.674. The fourth-order valence-corrected chi connectivity index (χ4v) is 1.11. The molecule has 0 radical (unpaired) electrons. The molecule has 0 spiro atoms. The van der Waals surface area contributed by atoms with E-state index in [0.29, 0.717) is 0 Å². The first kappa shape index (κ1) is 11.2. The van der Waals surface area contributed by atoms with Crippen molar-refractivity contribution < 1.29 is 9.31 Å². The lowest BCUT2D eigenvalue weighted by molar-refractivity contribution is 0.00578. The Morgan fingerprint density at radius 1 is 1.29 bits per heavy atom. The van der Waals surface area contributed by atoms with Crippen molar-refractivity contribution in [2.75, 3.05) is 0 Å². The number of hydrogen-bond acceptors (Lipinski definition) is 5. The highest BCUT2D eigenvalue weighted by Crippen LogP contribution is 2.36. The molecular weight excluding hydrogens is 181 g/mol. The Balaban J connectivity index is 2.78. The highest BCUT2D eigenvalue weighted by molar-refractivity contribution is 6.92. The van der Waals surface area contributed by atoms with Gasteiger partial charge in [-0.05, 0) is 27.7 Å². The van der Waals surface area contributed by atoms with Crippen LogP contribution in [-0.4, -0.2) is 30.1 Å². The molecule has 1 aliphatic rings. The lowest BCUT2D eigenvalue weighted by atomic mass is 9.83. The van der Waals surface area contributed by atoms with Gasteiger partial charge in [-0.2, -0.15) is 5.10 Å². The van der Waals surface area contributed by atoms with Gasteiger partial charge >= 0.3 is 7.12 Å². The zero-order chi connectivity index (χ0) is 11.0. The van der Waals surface area contributed by atoms with Gasteiger partial charge in [0.05, 0.1) is 23.0 Å². The molecule has 0 bridgehead atoms. The van der Waals surface area contributed by atoms with Gasteiger partial charge in [0.2, 0.25) is 0 Å². The van der Waals surface area contributed by atoms with Crippen molar-refractivity contribution in [1.29, 1.82) is 5.41 Å². The van der Waals surface area contributed by atoms with E-state index in [2.05, 4.69) is 5.10 Å².